The number of aryl methyl sites for hydroxylation is 3. The van der Waals surface area contributed by atoms with Gasteiger partial charge in [0.25, 0.3) is 0 Å². The molecule has 2 rings (SSSR count). The third kappa shape index (κ3) is 4.89. The standard InChI is InChI=1S/C19H26N4O3S2/c1-11-8-9-16(28(25,26)23(6)7)10-17(11)22-18(24)15(5)27-19-20-13(3)12(2)14(4)21-19/h8-10,15H,1-7H3,(H,22,24). The minimum absolute atomic E-state index is 0.131. The van der Waals surface area contributed by atoms with Crippen molar-refractivity contribution in [1.29, 1.82) is 0 Å². The molecule has 9 heteroatoms. The normalized spacial score (nSPS) is 12.9. The maximum atomic E-state index is 12.7. The van der Waals surface area contributed by atoms with Crippen LogP contribution in [0.3, 0.4) is 0 Å². The number of aromatic nitrogens is 2. The fourth-order valence-corrected chi connectivity index (χ4v) is 4.14. The fourth-order valence-electron chi connectivity index (χ4n) is 2.35. The van der Waals surface area contributed by atoms with E-state index < -0.39 is 15.3 Å². The summed E-state index contributed by atoms with van der Waals surface area (Å²) in [6, 6.07) is 4.69. The number of carbonyl (C=O) groups is 1. The molecular formula is C19H26N4O3S2. The second-order valence-electron chi connectivity index (χ2n) is 6.82. The van der Waals surface area contributed by atoms with Gasteiger partial charge in [0.15, 0.2) is 5.16 Å². The van der Waals surface area contributed by atoms with Crippen molar-refractivity contribution in [1.82, 2.24) is 14.3 Å². The molecule has 1 unspecified atom stereocenters. The second-order valence-corrected chi connectivity index (χ2v) is 10.3. The Labute approximate surface area is 171 Å². The molecule has 0 radical (unpaired) electrons. The number of rotatable bonds is 6. The molecule has 7 nitrogen and oxygen atoms in total. The summed E-state index contributed by atoms with van der Waals surface area (Å²) >= 11 is 1.27. The third-order valence-corrected chi connectivity index (χ3v) is 7.28. The van der Waals surface area contributed by atoms with Crippen LogP contribution >= 0.6 is 11.8 Å². The van der Waals surface area contributed by atoms with Gasteiger partial charge in [0.1, 0.15) is 0 Å². The fraction of sp³-hybridized carbons (Fsp3) is 0.421. The molecule has 0 bridgehead atoms. The van der Waals surface area contributed by atoms with E-state index in [-0.39, 0.29) is 10.8 Å². The minimum Gasteiger partial charge on any atom is -0.325 e. The van der Waals surface area contributed by atoms with Crippen LogP contribution in [-0.2, 0) is 14.8 Å². The highest BCUT2D eigenvalue weighted by Crippen LogP contribution is 2.25. The number of sulfonamides is 1. The van der Waals surface area contributed by atoms with Crippen molar-refractivity contribution in [2.75, 3.05) is 19.4 Å². The predicted octanol–water partition coefficient (Wildman–Crippen LogP) is 3.08. The van der Waals surface area contributed by atoms with E-state index in [2.05, 4.69) is 15.3 Å². The Hall–Kier alpha value is -1.97. The van der Waals surface area contributed by atoms with Gasteiger partial charge in [-0.25, -0.2) is 22.7 Å². The van der Waals surface area contributed by atoms with Crippen molar-refractivity contribution >= 4 is 33.4 Å². The molecule has 0 aliphatic heterocycles. The van der Waals surface area contributed by atoms with E-state index >= 15 is 0 Å². The maximum Gasteiger partial charge on any atom is 0.242 e. The zero-order valence-electron chi connectivity index (χ0n) is 17.2. The van der Waals surface area contributed by atoms with Crippen molar-refractivity contribution < 1.29 is 13.2 Å². The Morgan fingerprint density at radius 3 is 2.21 bits per heavy atom. The number of hydrogen-bond acceptors (Lipinski definition) is 6. The quantitative estimate of drug-likeness (QED) is 0.568. The Kier molecular flexibility index (Phi) is 6.84. The smallest absolute Gasteiger partial charge is 0.242 e. The molecule has 28 heavy (non-hydrogen) atoms. The van der Waals surface area contributed by atoms with E-state index in [9.17, 15) is 13.2 Å². The zero-order valence-corrected chi connectivity index (χ0v) is 18.8. The molecule has 0 spiro atoms. The Bertz CT molecular complexity index is 981. The van der Waals surface area contributed by atoms with Crippen molar-refractivity contribution in [3.05, 3.63) is 40.7 Å². The van der Waals surface area contributed by atoms with Crippen molar-refractivity contribution in [3.8, 4) is 0 Å². The number of benzene rings is 1. The summed E-state index contributed by atoms with van der Waals surface area (Å²) < 4.78 is 25.8. The van der Waals surface area contributed by atoms with Crippen molar-refractivity contribution in [3.63, 3.8) is 0 Å². The van der Waals surface area contributed by atoms with Crippen LogP contribution in [0.25, 0.3) is 0 Å². The molecular weight excluding hydrogens is 396 g/mol. The Balaban J connectivity index is 2.20. The third-order valence-electron chi connectivity index (χ3n) is 4.51. The first kappa shape index (κ1) is 22.3. The number of amides is 1. The van der Waals surface area contributed by atoms with Crippen LogP contribution in [0.2, 0.25) is 0 Å². The predicted molar refractivity (Wildman–Crippen MR) is 112 cm³/mol. The average Bonchev–Trinajstić information content (AvgIpc) is 2.60. The molecule has 0 aliphatic carbocycles. The van der Waals surface area contributed by atoms with E-state index in [1.807, 2.05) is 27.7 Å². The Morgan fingerprint density at radius 1 is 1.11 bits per heavy atom. The van der Waals surface area contributed by atoms with Gasteiger partial charge in [-0.3, -0.25) is 4.79 Å². The molecule has 1 atom stereocenters. The monoisotopic (exact) mass is 422 g/mol. The van der Waals surface area contributed by atoms with Gasteiger partial charge in [-0.05, 0) is 57.9 Å². The van der Waals surface area contributed by atoms with Gasteiger partial charge in [-0.1, -0.05) is 17.8 Å². The number of nitrogens with one attached hydrogen (secondary N) is 1. The molecule has 0 fully saturated rings. The van der Waals surface area contributed by atoms with E-state index in [1.165, 1.54) is 38.0 Å². The van der Waals surface area contributed by atoms with Gasteiger partial charge in [-0.15, -0.1) is 0 Å². The van der Waals surface area contributed by atoms with Gasteiger partial charge in [0, 0.05) is 31.2 Å². The van der Waals surface area contributed by atoms with E-state index in [1.54, 1.807) is 13.0 Å². The Morgan fingerprint density at radius 2 is 1.68 bits per heavy atom. The van der Waals surface area contributed by atoms with Gasteiger partial charge in [-0.2, -0.15) is 0 Å². The van der Waals surface area contributed by atoms with Gasteiger partial charge in [0.05, 0.1) is 10.1 Å². The highest BCUT2D eigenvalue weighted by atomic mass is 32.2. The van der Waals surface area contributed by atoms with Crippen LogP contribution in [0.1, 0.15) is 29.4 Å². The molecule has 1 heterocycles. The van der Waals surface area contributed by atoms with Crippen LogP contribution in [0.4, 0.5) is 5.69 Å². The average molecular weight is 423 g/mol. The number of nitrogens with zero attached hydrogens (tertiary/aromatic N) is 3. The van der Waals surface area contributed by atoms with Crippen LogP contribution in [0, 0.1) is 27.7 Å². The van der Waals surface area contributed by atoms with Crippen LogP contribution < -0.4 is 5.32 Å². The van der Waals surface area contributed by atoms with Crippen LogP contribution in [0.5, 0.6) is 0 Å². The van der Waals surface area contributed by atoms with Crippen LogP contribution in [-0.4, -0.2) is 47.9 Å². The van der Waals surface area contributed by atoms with Crippen molar-refractivity contribution in [2.45, 2.75) is 49.9 Å². The summed E-state index contributed by atoms with van der Waals surface area (Å²) in [6.45, 7) is 9.38. The molecule has 152 valence electrons. The van der Waals surface area contributed by atoms with Crippen LogP contribution in [0.15, 0.2) is 28.3 Å². The molecule has 0 saturated carbocycles. The minimum atomic E-state index is -3.58. The lowest BCUT2D eigenvalue weighted by Crippen LogP contribution is -2.25. The molecule has 1 amide bonds. The number of hydrogen-bond donors (Lipinski definition) is 1. The second kappa shape index (κ2) is 8.59. The largest absolute Gasteiger partial charge is 0.325 e. The van der Waals surface area contributed by atoms with Gasteiger partial charge in [0.2, 0.25) is 15.9 Å². The summed E-state index contributed by atoms with van der Waals surface area (Å²) in [7, 11) is -0.638. The van der Waals surface area contributed by atoms with Gasteiger partial charge >= 0.3 is 0 Å². The molecule has 2 aromatic rings. The lowest BCUT2D eigenvalue weighted by atomic mass is 10.2. The summed E-state index contributed by atoms with van der Waals surface area (Å²) in [5, 5.41) is 2.92. The summed E-state index contributed by atoms with van der Waals surface area (Å²) in [6.07, 6.45) is 0. The summed E-state index contributed by atoms with van der Waals surface area (Å²) in [4.78, 5) is 21.7. The zero-order chi connectivity index (χ0) is 21.2. The first-order valence-electron chi connectivity index (χ1n) is 8.76. The molecule has 1 aromatic heterocycles. The molecule has 0 saturated heterocycles. The highest BCUT2D eigenvalue weighted by Gasteiger charge is 2.21. The topological polar surface area (TPSA) is 92.3 Å². The number of thioether (sulfide) groups is 1. The highest BCUT2D eigenvalue weighted by molar-refractivity contribution is 8.00. The van der Waals surface area contributed by atoms with E-state index in [0.717, 1.165) is 26.8 Å². The molecule has 1 N–H and O–H groups in total. The first-order chi connectivity index (χ1) is 12.9. The lowest BCUT2D eigenvalue weighted by Gasteiger charge is -2.16. The number of anilines is 1. The van der Waals surface area contributed by atoms with E-state index in [4.69, 9.17) is 0 Å². The number of carbonyl (C=O) groups excluding carboxylic acids is 1. The molecule has 1 aromatic carbocycles. The summed E-state index contributed by atoms with van der Waals surface area (Å²) in [5.41, 5.74) is 4.06. The summed E-state index contributed by atoms with van der Waals surface area (Å²) in [5.74, 6) is -0.244. The molecule has 0 aliphatic rings. The van der Waals surface area contributed by atoms with E-state index in [0.29, 0.717) is 10.8 Å². The lowest BCUT2D eigenvalue weighted by molar-refractivity contribution is -0.115. The van der Waals surface area contributed by atoms with Crippen molar-refractivity contribution in [2.24, 2.45) is 0 Å². The first-order valence-corrected chi connectivity index (χ1v) is 11.1. The maximum absolute atomic E-state index is 12.7. The SMILES string of the molecule is Cc1ccc(S(=O)(=O)N(C)C)cc1NC(=O)C(C)Sc1nc(C)c(C)c(C)n1. The van der Waals surface area contributed by atoms with Gasteiger partial charge < -0.3 is 5.32 Å².